The quantitative estimate of drug-likeness (QED) is 0.836. The number of anilines is 1. The smallest absolute Gasteiger partial charge is 0.158 e. The minimum absolute atomic E-state index is 0.408. The van der Waals surface area contributed by atoms with E-state index in [-0.39, 0.29) is 0 Å². The van der Waals surface area contributed by atoms with Crippen molar-refractivity contribution in [2.45, 2.75) is 26.0 Å². The molecule has 1 atom stereocenters. The summed E-state index contributed by atoms with van der Waals surface area (Å²) in [7, 11) is 0. The third kappa shape index (κ3) is 4.01. The summed E-state index contributed by atoms with van der Waals surface area (Å²) < 4.78 is 5.28. The van der Waals surface area contributed by atoms with Crippen LogP contribution in [0.25, 0.3) is 0 Å². The Morgan fingerprint density at radius 2 is 2.47 bits per heavy atom. The molecule has 0 bridgehead atoms. The predicted molar refractivity (Wildman–Crippen MR) is 71.7 cm³/mol. The highest BCUT2D eigenvalue weighted by molar-refractivity contribution is 7.99. The van der Waals surface area contributed by atoms with Crippen LogP contribution in [0.15, 0.2) is 6.07 Å². The molecule has 17 heavy (non-hydrogen) atoms. The molecule has 0 aliphatic carbocycles. The second-order valence-electron chi connectivity index (χ2n) is 3.83. The minimum atomic E-state index is 0.408. The molecule has 1 aliphatic heterocycles. The highest BCUT2D eigenvalue weighted by atomic mass is 35.5. The van der Waals surface area contributed by atoms with Gasteiger partial charge in [-0.25, -0.2) is 9.97 Å². The first kappa shape index (κ1) is 12.9. The Morgan fingerprint density at radius 3 is 3.18 bits per heavy atom. The van der Waals surface area contributed by atoms with E-state index in [1.54, 1.807) is 6.07 Å². The largest absolute Gasteiger partial charge is 0.374 e. The lowest BCUT2D eigenvalue weighted by Crippen LogP contribution is -2.19. The van der Waals surface area contributed by atoms with Crippen LogP contribution in [-0.4, -0.2) is 34.1 Å². The van der Waals surface area contributed by atoms with Crippen LogP contribution >= 0.6 is 23.4 Å². The third-order valence-corrected chi connectivity index (χ3v) is 3.81. The van der Waals surface area contributed by atoms with Crippen LogP contribution in [0.3, 0.4) is 0 Å². The van der Waals surface area contributed by atoms with E-state index in [2.05, 4.69) is 15.3 Å². The highest BCUT2D eigenvalue weighted by Gasteiger charge is 2.16. The summed E-state index contributed by atoms with van der Waals surface area (Å²) in [5, 5.41) is 3.85. The second kappa shape index (κ2) is 6.42. The SMILES string of the molecule is CCOCc1nc(Cl)cc(NC2CCSC2)n1. The van der Waals surface area contributed by atoms with E-state index in [1.807, 2.05) is 18.7 Å². The van der Waals surface area contributed by atoms with Gasteiger partial charge in [0.15, 0.2) is 5.82 Å². The fraction of sp³-hybridized carbons (Fsp3) is 0.636. The summed E-state index contributed by atoms with van der Waals surface area (Å²) in [4.78, 5) is 8.52. The van der Waals surface area contributed by atoms with Crippen LogP contribution in [-0.2, 0) is 11.3 Å². The van der Waals surface area contributed by atoms with E-state index in [1.165, 1.54) is 12.2 Å². The van der Waals surface area contributed by atoms with E-state index in [9.17, 15) is 0 Å². The number of thioether (sulfide) groups is 1. The molecule has 1 N–H and O–H groups in total. The fourth-order valence-corrected chi connectivity index (χ4v) is 3.01. The summed E-state index contributed by atoms with van der Waals surface area (Å²) >= 11 is 7.92. The maximum absolute atomic E-state index is 5.96. The lowest BCUT2D eigenvalue weighted by atomic mass is 10.2. The molecule has 0 amide bonds. The van der Waals surface area contributed by atoms with Crippen LogP contribution in [0.4, 0.5) is 5.82 Å². The van der Waals surface area contributed by atoms with Gasteiger partial charge in [0.05, 0.1) is 0 Å². The van der Waals surface area contributed by atoms with Crippen molar-refractivity contribution in [3.8, 4) is 0 Å². The molecule has 1 aromatic heterocycles. The van der Waals surface area contributed by atoms with E-state index >= 15 is 0 Å². The van der Waals surface area contributed by atoms with Crippen LogP contribution in [0, 0.1) is 0 Å². The van der Waals surface area contributed by atoms with Crippen molar-refractivity contribution in [1.82, 2.24) is 9.97 Å². The topological polar surface area (TPSA) is 47.0 Å². The first-order valence-electron chi connectivity index (χ1n) is 5.73. The number of hydrogen-bond donors (Lipinski definition) is 1. The standard InChI is InChI=1S/C11H16ClN3OS/c1-2-16-6-11-14-9(12)5-10(15-11)13-8-3-4-17-7-8/h5,8H,2-4,6-7H2,1H3,(H,13,14,15). The summed E-state index contributed by atoms with van der Waals surface area (Å²) in [5.41, 5.74) is 0. The Labute approximate surface area is 111 Å². The second-order valence-corrected chi connectivity index (χ2v) is 5.37. The molecule has 2 rings (SSSR count). The van der Waals surface area contributed by atoms with Crippen LogP contribution < -0.4 is 5.32 Å². The maximum atomic E-state index is 5.96. The van der Waals surface area contributed by atoms with E-state index in [4.69, 9.17) is 16.3 Å². The van der Waals surface area contributed by atoms with Crippen LogP contribution in [0.5, 0.6) is 0 Å². The zero-order valence-electron chi connectivity index (χ0n) is 9.78. The molecule has 4 nitrogen and oxygen atoms in total. The fourth-order valence-electron chi connectivity index (χ4n) is 1.65. The number of ether oxygens (including phenoxy) is 1. The molecular formula is C11H16ClN3OS. The summed E-state index contributed by atoms with van der Waals surface area (Å²) in [6.07, 6.45) is 1.17. The number of nitrogens with one attached hydrogen (secondary N) is 1. The molecule has 1 aromatic rings. The van der Waals surface area contributed by atoms with E-state index in [0.29, 0.717) is 30.2 Å². The lowest BCUT2D eigenvalue weighted by Gasteiger charge is -2.12. The van der Waals surface area contributed by atoms with Gasteiger partial charge in [0, 0.05) is 24.5 Å². The summed E-state index contributed by atoms with van der Waals surface area (Å²) in [5.74, 6) is 3.77. The summed E-state index contributed by atoms with van der Waals surface area (Å²) in [6.45, 7) is 3.00. The van der Waals surface area contributed by atoms with Crippen molar-refractivity contribution < 1.29 is 4.74 Å². The van der Waals surface area contributed by atoms with Crippen molar-refractivity contribution in [3.05, 3.63) is 17.0 Å². The number of aromatic nitrogens is 2. The normalized spacial score (nSPS) is 19.5. The maximum Gasteiger partial charge on any atom is 0.158 e. The molecule has 94 valence electrons. The molecule has 1 unspecified atom stereocenters. The van der Waals surface area contributed by atoms with Gasteiger partial charge in [-0.15, -0.1) is 0 Å². The van der Waals surface area contributed by atoms with Gasteiger partial charge in [0.1, 0.15) is 17.6 Å². The van der Waals surface area contributed by atoms with Gasteiger partial charge in [-0.3, -0.25) is 0 Å². The van der Waals surface area contributed by atoms with Gasteiger partial charge < -0.3 is 10.1 Å². The zero-order chi connectivity index (χ0) is 12.1. The molecule has 1 fully saturated rings. The predicted octanol–water partition coefficient (Wildman–Crippen LogP) is 2.58. The number of halogens is 1. The zero-order valence-corrected chi connectivity index (χ0v) is 11.4. The monoisotopic (exact) mass is 273 g/mol. The van der Waals surface area contributed by atoms with Crippen molar-refractivity contribution in [1.29, 1.82) is 0 Å². The first-order chi connectivity index (χ1) is 8.28. The van der Waals surface area contributed by atoms with Crippen molar-refractivity contribution in [2.75, 3.05) is 23.4 Å². The minimum Gasteiger partial charge on any atom is -0.374 e. The number of nitrogens with zero attached hydrogens (tertiary/aromatic N) is 2. The van der Waals surface area contributed by atoms with Crippen molar-refractivity contribution in [2.24, 2.45) is 0 Å². The Balaban J connectivity index is 2.02. The van der Waals surface area contributed by atoms with Crippen LogP contribution in [0.2, 0.25) is 5.15 Å². The molecule has 0 aromatic carbocycles. The van der Waals surface area contributed by atoms with E-state index < -0.39 is 0 Å². The molecule has 0 radical (unpaired) electrons. The Hall–Kier alpha value is -0.520. The number of hydrogen-bond acceptors (Lipinski definition) is 5. The van der Waals surface area contributed by atoms with Gasteiger partial charge in [-0.2, -0.15) is 11.8 Å². The van der Waals surface area contributed by atoms with Gasteiger partial charge in [-0.1, -0.05) is 11.6 Å². The third-order valence-electron chi connectivity index (χ3n) is 2.46. The van der Waals surface area contributed by atoms with Gasteiger partial charge in [0.25, 0.3) is 0 Å². The molecule has 0 saturated carbocycles. The molecule has 0 spiro atoms. The van der Waals surface area contributed by atoms with Crippen LogP contribution in [0.1, 0.15) is 19.2 Å². The van der Waals surface area contributed by atoms with Gasteiger partial charge >= 0.3 is 0 Å². The number of rotatable bonds is 5. The molecule has 1 saturated heterocycles. The highest BCUT2D eigenvalue weighted by Crippen LogP contribution is 2.21. The Kier molecular flexibility index (Phi) is 4.88. The molecule has 1 aliphatic rings. The summed E-state index contributed by atoms with van der Waals surface area (Å²) in [6, 6.07) is 2.26. The first-order valence-corrected chi connectivity index (χ1v) is 7.26. The van der Waals surface area contributed by atoms with Gasteiger partial charge in [0.2, 0.25) is 0 Å². The lowest BCUT2D eigenvalue weighted by molar-refractivity contribution is 0.128. The average Bonchev–Trinajstić information content (AvgIpc) is 2.78. The molecular weight excluding hydrogens is 258 g/mol. The van der Waals surface area contributed by atoms with Gasteiger partial charge in [-0.05, 0) is 19.1 Å². The van der Waals surface area contributed by atoms with Crippen molar-refractivity contribution >= 4 is 29.2 Å². The average molecular weight is 274 g/mol. The van der Waals surface area contributed by atoms with Crippen molar-refractivity contribution in [3.63, 3.8) is 0 Å². The molecule has 2 heterocycles. The Bertz CT molecular complexity index is 372. The Morgan fingerprint density at radius 1 is 1.59 bits per heavy atom. The van der Waals surface area contributed by atoms with E-state index in [0.717, 1.165) is 11.6 Å². The molecule has 6 heteroatoms.